The zero-order valence-corrected chi connectivity index (χ0v) is 16.3. The molecule has 1 fully saturated rings. The summed E-state index contributed by atoms with van der Waals surface area (Å²) < 4.78 is 5.35. The van der Waals surface area contributed by atoms with Crippen LogP contribution in [-0.2, 0) is 9.59 Å². The lowest BCUT2D eigenvalue weighted by atomic mass is 10.2. The largest absolute Gasteiger partial charge is 0.494 e. The van der Waals surface area contributed by atoms with Gasteiger partial charge in [-0.1, -0.05) is 0 Å². The average Bonchev–Trinajstić information content (AvgIpc) is 2.96. The van der Waals surface area contributed by atoms with Gasteiger partial charge in [0.15, 0.2) is 0 Å². The molecule has 0 saturated carbocycles. The topological polar surface area (TPSA) is 113 Å². The van der Waals surface area contributed by atoms with Crippen molar-refractivity contribution >= 4 is 46.2 Å². The number of nitrogens with zero attached hydrogens (tertiary/aromatic N) is 1. The minimum atomic E-state index is -1.07. The number of ether oxygens (including phenoxy) is 1. The Bertz CT molecular complexity index is 942. The maximum Gasteiger partial charge on any atom is 0.335 e. The van der Waals surface area contributed by atoms with Crippen molar-refractivity contribution in [2.75, 3.05) is 16.8 Å². The molecule has 3 amide bonds. The quantitative estimate of drug-likeness (QED) is 0.714. The predicted octanol–water partition coefficient (Wildman–Crippen LogP) is 3.38. The first-order valence-corrected chi connectivity index (χ1v) is 9.67. The molecular formula is C20H18N2O6S. The molecule has 3 rings (SSSR count). The van der Waals surface area contributed by atoms with Gasteiger partial charge in [0, 0.05) is 12.1 Å². The van der Waals surface area contributed by atoms with Crippen molar-refractivity contribution in [2.45, 2.75) is 18.6 Å². The van der Waals surface area contributed by atoms with Gasteiger partial charge in [0.2, 0.25) is 11.8 Å². The van der Waals surface area contributed by atoms with Crippen LogP contribution in [0.1, 0.15) is 23.7 Å². The molecule has 1 aliphatic heterocycles. The standard InChI is InChI=1S/C20H18N2O6S/c1-2-28-15-9-7-14(8-10-15)22-18(24)16(29-20(22)27)11-17(23)21-13-5-3-12(4-6-13)19(25)26/h3-10,16H,2,11H2,1H3,(H,21,23)(H,25,26). The molecular weight excluding hydrogens is 396 g/mol. The molecule has 0 bridgehead atoms. The molecule has 1 atom stereocenters. The highest BCUT2D eigenvalue weighted by molar-refractivity contribution is 8.15. The number of anilines is 2. The third-order valence-electron chi connectivity index (χ3n) is 4.11. The van der Waals surface area contributed by atoms with Crippen LogP contribution in [0, 0.1) is 0 Å². The molecule has 2 aromatic carbocycles. The number of amides is 3. The third-order valence-corrected chi connectivity index (χ3v) is 5.15. The molecule has 29 heavy (non-hydrogen) atoms. The second-order valence-electron chi connectivity index (χ2n) is 6.11. The summed E-state index contributed by atoms with van der Waals surface area (Å²) in [5.41, 5.74) is 0.925. The number of thioether (sulfide) groups is 1. The normalized spacial score (nSPS) is 16.0. The van der Waals surface area contributed by atoms with Gasteiger partial charge in [-0.2, -0.15) is 0 Å². The predicted molar refractivity (Wildman–Crippen MR) is 109 cm³/mol. The highest BCUT2D eigenvalue weighted by Crippen LogP contribution is 2.34. The monoisotopic (exact) mass is 414 g/mol. The van der Waals surface area contributed by atoms with Crippen molar-refractivity contribution in [3.05, 3.63) is 54.1 Å². The molecule has 0 radical (unpaired) electrons. The molecule has 1 unspecified atom stereocenters. The highest BCUT2D eigenvalue weighted by atomic mass is 32.2. The number of carbonyl (C=O) groups excluding carboxylic acids is 3. The van der Waals surface area contributed by atoms with Crippen LogP contribution in [0.5, 0.6) is 5.75 Å². The van der Waals surface area contributed by atoms with Gasteiger partial charge in [0.05, 0.1) is 17.9 Å². The van der Waals surface area contributed by atoms with Gasteiger partial charge in [0.25, 0.3) is 5.24 Å². The second-order valence-corrected chi connectivity index (χ2v) is 7.26. The minimum absolute atomic E-state index is 0.0983. The van der Waals surface area contributed by atoms with Crippen molar-refractivity contribution in [2.24, 2.45) is 0 Å². The molecule has 1 saturated heterocycles. The van der Waals surface area contributed by atoms with E-state index in [0.29, 0.717) is 23.7 Å². The van der Waals surface area contributed by atoms with Crippen molar-refractivity contribution in [3.63, 3.8) is 0 Å². The highest BCUT2D eigenvalue weighted by Gasteiger charge is 2.41. The Morgan fingerprint density at radius 3 is 2.34 bits per heavy atom. The van der Waals surface area contributed by atoms with E-state index in [1.807, 2.05) is 6.92 Å². The van der Waals surface area contributed by atoms with Crippen molar-refractivity contribution in [1.82, 2.24) is 0 Å². The van der Waals surface area contributed by atoms with Gasteiger partial charge in [-0.15, -0.1) is 0 Å². The molecule has 0 spiro atoms. The first-order chi connectivity index (χ1) is 13.9. The lowest BCUT2D eigenvalue weighted by Crippen LogP contribution is -2.32. The molecule has 0 aliphatic carbocycles. The van der Waals surface area contributed by atoms with E-state index in [1.54, 1.807) is 24.3 Å². The van der Waals surface area contributed by atoms with E-state index in [2.05, 4.69) is 5.32 Å². The molecule has 2 N–H and O–H groups in total. The van der Waals surface area contributed by atoms with Crippen LogP contribution in [0.3, 0.4) is 0 Å². The summed E-state index contributed by atoms with van der Waals surface area (Å²) in [4.78, 5) is 49.1. The molecule has 8 nitrogen and oxygen atoms in total. The van der Waals surface area contributed by atoms with Crippen LogP contribution >= 0.6 is 11.8 Å². The Kier molecular flexibility index (Phi) is 6.18. The number of hydrogen-bond acceptors (Lipinski definition) is 6. The Labute approximate surface area is 170 Å². The van der Waals surface area contributed by atoms with Crippen LogP contribution in [0.15, 0.2) is 48.5 Å². The Balaban J connectivity index is 1.63. The van der Waals surface area contributed by atoms with E-state index in [9.17, 15) is 19.2 Å². The lowest BCUT2D eigenvalue weighted by Gasteiger charge is -2.14. The smallest absolute Gasteiger partial charge is 0.335 e. The number of benzene rings is 2. The molecule has 0 aromatic heterocycles. The van der Waals surface area contributed by atoms with Crippen molar-refractivity contribution in [3.8, 4) is 5.75 Å². The summed E-state index contributed by atoms with van der Waals surface area (Å²) >= 11 is 0.804. The van der Waals surface area contributed by atoms with E-state index in [0.717, 1.165) is 16.7 Å². The number of aromatic carboxylic acids is 1. The molecule has 1 aliphatic rings. The number of carbonyl (C=O) groups is 4. The van der Waals surface area contributed by atoms with Crippen LogP contribution in [0.25, 0.3) is 0 Å². The molecule has 9 heteroatoms. The zero-order valence-electron chi connectivity index (χ0n) is 15.5. The third kappa shape index (κ3) is 4.75. The van der Waals surface area contributed by atoms with E-state index < -0.39 is 28.3 Å². The fourth-order valence-corrected chi connectivity index (χ4v) is 3.74. The Morgan fingerprint density at radius 1 is 1.10 bits per heavy atom. The summed E-state index contributed by atoms with van der Waals surface area (Å²) in [6, 6.07) is 12.2. The van der Waals surface area contributed by atoms with E-state index >= 15 is 0 Å². The summed E-state index contributed by atoms with van der Waals surface area (Å²) in [6.07, 6.45) is -0.177. The van der Waals surface area contributed by atoms with Crippen LogP contribution in [0.4, 0.5) is 16.2 Å². The summed E-state index contributed by atoms with van der Waals surface area (Å²) in [5.74, 6) is -1.34. The van der Waals surface area contributed by atoms with E-state index in [-0.39, 0.29) is 12.0 Å². The van der Waals surface area contributed by atoms with Crippen molar-refractivity contribution < 1.29 is 29.0 Å². The van der Waals surface area contributed by atoms with E-state index in [4.69, 9.17) is 9.84 Å². The van der Waals surface area contributed by atoms with Gasteiger partial charge in [0.1, 0.15) is 11.0 Å². The van der Waals surface area contributed by atoms with Gasteiger partial charge in [-0.25, -0.2) is 9.69 Å². The number of carboxylic acids is 1. The first kappa shape index (κ1) is 20.4. The van der Waals surface area contributed by atoms with Crippen molar-refractivity contribution in [1.29, 1.82) is 0 Å². The number of carboxylic acid groups (broad SMARTS) is 1. The zero-order chi connectivity index (χ0) is 21.0. The maximum atomic E-state index is 12.6. The molecule has 1 heterocycles. The number of nitrogens with one attached hydrogen (secondary N) is 1. The molecule has 2 aromatic rings. The summed E-state index contributed by atoms with van der Waals surface area (Å²) in [5, 5.41) is 10.2. The average molecular weight is 414 g/mol. The van der Waals surface area contributed by atoms with Crippen LogP contribution in [-0.4, -0.2) is 40.0 Å². The number of hydrogen-bond donors (Lipinski definition) is 2. The Hall–Kier alpha value is -3.33. The number of rotatable bonds is 7. The summed E-state index contributed by atoms with van der Waals surface area (Å²) in [7, 11) is 0. The Morgan fingerprint density at radius 2 is 1.76 bits per heavy atom. The lowest BCUT2D eigenvalue weighted by molar-refractivity contribution is -0.121. The molecule has 150 valence electrons. The van der Waals surface area contributed by atoms with Gasteiger partial charge in [-0.3, -0.25) is 14.4 Å². The second kappa shape index (κ2) is 8.78. The van der Waals surface area contributed by atoms with Crippen LogP contribution in [0.2, 0.25) is 0 Å². The SMILES string of the molecule is CCOc1ccc(N2C(=O)SC(CC(=O)Nc3ccc(C(=O)O)cc3)C2=O)cc1. The van der Waals surface area contributed by atoms with Gasteiger partial charge in [-0.05, 0) is 67.2 Å². The number of imide groups is 1. The van der Waals surface area contributed by atoms with Crippen LogP contribution < -0.4 is 15.0 Å². The minimum Gasteiger partial charge on any atom is -0.494 e. The summed E-state index contributed by atoms with van der Waals surface area (Å²) in [6.45, 7) is 2.36. The first-order valence-electron chi connectivity index (χ1n) is 8.79. The fourth-order valence-electron chi connectivity index (χ4n) is 2.76. The maximum absolute atomic E-state index is 12.6. The fraction of sp³-hybridized carbons (Fsp3) is 0.200. The van der Waals surface area contributed by atoms with E-state index in [1.165, 1.54) is 24.3 Å². The van der Waals surface area contributed by atoms with Gasteiger partial charge < -0.3 is 15.2 Å². The van der Waals surface area contributed by atoms with Gasteiger partial charge >= 0.3 is 5.97 Å².